The van der Waals surface area contributed by atoms with Crippen molar-refractivity contribution in [3.63, 3.8) is 0 Å². The number of ether oxygens (including phenoxy) is 3. The van der Waals surface area contributed by atoms with Gasteiger partial charge in [0.25, 0.3) is 11.8 Å². The summed E-state index contributed by atoms with van der Waals surface area (Å²) < 4.78 is 16.7. The number of para-hydroxylation sites is 1. The SMILES string of the molecule is COc1cccc([C@@H]2Nc3ccc(I)cc3C(=O)N2NC(=O)c2ccc3c(c2)OCO3)c1O. The number of nitrogens with zero attached hydrogens (tertiary/aromatic N) is 1. The van der Waals surface area contributed by atoms with Gasteiger partial charge in [0.1, 0.15) is 0 Å². The summed E-state index contributed by atoms with van der Waals surface area (Å²) in [6.07, 6.45) is -0.891. The number of carbonyl (C=O) groups is 2. The maximum atomic E-state index is 13.5. The average Bonchev–Trinajstić information content (AvgIpc) is 3.29. The first-order chi connectivity index (χ1) is 16.0. The van der Waals surface area contributed by atoms with Gasteiger partial charge in [0.2, 0.25) is 6.79 Å². The van der Waals surface area contributed by atoms with Gasteiger partial charge in [0, 0.05) is 20.4 Å². The van der Waals surface area contributed by atoms with E-state index >= 15 is 0 Å². The minimum Gasteiger partial charge on any atom is -0.504 e. The molecule has 10 heteroatoms. The highest BCUT2D eigenvalue weighted by Crippen LogP contribution is 2.40. The number of hydrogen-bond acceptors (Lipinski definition) is 7. The first kappa shape index (κ1) is 21.2. The molecule has 3 N–H and O–H groups in total. The molecule has 33 heavy (non-hydrogen) atoms. The van der Waals surface area contributed by atoms with E-state index in [0.29, 0.717) is 28.3 Å². The Labute approximate surface area is 202 Å². The Kier molecular flexibility index (Phi) is 5.36. The molecule has 0 spiro atoms. The number of phenolic OH excluding ortho intramolecular Hbond substituents is 1. The number of aromatic hydroxyl groups is 1. The summed E-state index contributed by atoms with van der Waals surface area (Å²) in [5.41, 5.74) is 4.31. The molecule has 0 bridgehead atoms. The highest BCUT2D eigenvalue weighted by atomic mass is 127. The lowest BCUT2D eigenvalue weighted by atomic mass is 10.0. The molecule has 2 amide bonds. The summed E-state index contributed by atoms with van der Waals surface area (Å²) in [5.74, 6) is 0.157. The van der Waals surface area contributed by atoms with Crippen LogP contribution in [0.4, 0.5) is 5.69 Å². The predicted molar refractivity (Wildman–Crippen MR) is 126 cm³/mol. The van der Waals surface area contributed by atoms with Crippen LogP contribution in [0, 0.1) is 3.57 Å². The third-order valence-electron chi connectivity index (χ3n) is 5.38. The van der Waals surface area contributed by atoms with Gasteiger partial charge in [-0.2, -0.15) is 0 Å². The summed E-state index contributed by atoms with van der Waals surface area (Å²) in [6.45, 7) is 0.0849. The van der Waals surface area contributed by atoms with E-state index in [9.17, 15) is 14.7 Å². The first-order valence-corrected chi connectivity index (χ1v) is 11.0. The fourth-order valence-corrected chi connectivity index (χ4v) is 4.24. The van der Waals surface area contributed by atoms with Gasteiger partial charge in [-0.15, -0.1) is 0 Å². The number of phenols is 1. The van der Waals surface area contributed by atoms with Crippen LogP contribution in [0.1, 0.15) is 32.4 Å². The number of nitrogens with one attached hydrogen (secondary N) is 2. The molecule has 3 aromatic carbocycles. The summed E-state index contributed by atoms with van der Waals surface area (Å²) in [5, 5.41) is 15.2. The molecule has 2 aliphatic rings. The third-order valence-corrected chi connectivity index (χ3v) is 6.05. The standard InChI is InChI=1S/C23H18IN3O6/c1-31-18-4-2-3-14(20(18)28)21-25-16-7-6-13(24)10-15(16)23(30)27(21)26-22(29)12-5-8-17-19(9-12)33-11-32-17/h2-10,21,25,28H,11H2,1H3,(H,26,29)/t21-/m1/s1. The molecule has 3 aromatic rings. The van der Waals surface area contributed by atoms with Crippen molar-refractivity contribution in [1.29, 1.82) is 0 Å². The van der Waals surface area contributed by atoms with Gasteiger partial charge in [0.05, 0.1) is 12.7 Å². The van der Waals surface area contributed by atoms with E-state index in [2.05, 4.69) is 33.3 Å². The molecule has 168 valence electrons. The van der Waals surface area contributed by atoms with E-state index in [0.717, 1.165) is 3.57 Å². The number of rotatable bonds is 4. The number of halogens is 1. The number of methoxy groups -OCH3 is 1. The van der Waals surface area contributed by atoms with Crippen LogP contribution in [0.5, 0.6) is 23.0 Å². The highest BCUT2D eigenvalue weighted by Gasteiger charge is 2.36. The van der Waals surface area contributed by atoms with Crippen molar-refractivity contribution in [2.75, 3.05) is 19.2 Å². The molecule has 0 fully saturated rings. The van der Waals surface area contributed by atoms with Gasteiger partial charge < -0.3 is 24.6 Å². The van der Waals surface area contributed by atoms with Crippen LogP contribution < -0.4 is 25.0 Å². The van der Waals surface area contributed by atoms with Crippen molar-refractivity contribution in [3.05, 3.63) is 74.9 Å². The molecule has 0 aliphatic carbocycles. The minimum absolute atomic E-state index is 0.0849. The first-order valence-electron chi connectivity index (χ1n) is 9.92. The Morgan fingerprint density at radius 2 is 2.00 bits per heavy atom. The van der Waals surface area contributed by atoms with Crippen LogP contribution >= 0.6 is 22.6 Å². The fourth-order valence-electron chi connectivity index (χ4n) is 3.75. The molecule has 0 aromatic heterocycles. The van der Waals surface area contributed by atoms with Crippen molar-refractivity contribution in [2.24, 2.45) is 0 Å². The Morgan fingerprint density at radius 1 is 1.18 bits per heavy atom. The van der Waals surface area contributed by atoms with Crippen LogP contribution in [-0.4, -0.2) is 35.8 Å². The summed E-state index contributed by atoms with van der Waals surface area (Å²) in [4.78, 5) is 26.6. The molecule has 0 saturated heterocycles. The van der Waals surface area contributed by atoms with Crippen molar-refractivity contribution in [3.8, 4) is 23.0 Å². The quantitative estimate of drug-likeness (QED) is 0.419. The molecule has 2 heterocycles. The zero-order valence-corrected chi connectivity index (χ0v) is 19.5. The number of hydrazine groups is 1. The highest BCUT2D eigenvalue weighted by molar-refractivity contribution is 14.1. The number of benzene rings is 3. The van der Waals surface area contributed by atoms with Gasteiger partial charge >= 0.3 is 0 Å². The second-order valence-corrected chi connectivity index (χ2v) is 8.56. The van der Waals surface area contributed by atoms with Crippen LogP contribution in [-0.2, 0) is 0 Å². The van der Waals surface area contributed by atoms with E-state index in [-0.39, 0.29) is 23.9 Å². The molecular weight excluding hydrogens is 541 g/mol. The maximum absolute atomic E-state index is 13.5. The molecule has 1 atom stereocenters. The summed E-state index contributed by atoms with van der Waals surface area (Å²) in [7, 11) is 1.44. The van der Waals surface area contributed by atoms with E-state index in [4.69, 9.17) is 14.2 Å². The monoisotopic (exact) mass is 559 g/mol. The van der Waals surface area contributed by atoms with E-state index in [1.54, 1.807) is 48.5 Å². The molecule has 0 radical (unpaired) electrons. The third kappa shape index (κ3) is 3.75. The molecule has 0 unspecified atom stereocenters. The summed E-state index contributed by atoms with van der Waals surface area (Å²) in [6, 6.07) is 15.1. The minimum atomic E-state index is -0.891. The van der Waals surface area contributed by atoms with Gasteiger partial charge in [0.15, 0.2) is 29.2 Å². The smallest absolute Gasteiger partial charge is 0.276 e. The van der Waals surface area contributed by atoms with Gasteiger partial charge in [-0.1, -0.05) is 12.1 Å². The number of hydrogen-bond donors (Lipinski definition) is 3. The van der Waals surface area contributed by atoms with Crippen molar-refractivity contribution >= 4 is 40.1 Å². The average molecular weight is 559 g/mol. The second-order valence-electron chi connectivity index (χ2n) is 7.32. The van der Waals surface area contributed by atoms with Crippen LogP contribution in [0.2, 0.25) is 0 Å². The number of carbonyl (C=O) groups excluding carboxylic acids is 2. The molecule has 5 rings (SSSR count). The van der Waals surface area contributed by atoms with Crippen LogP contribution in [0.3, 0.4) is 0 Å². The van der Waals surface area contributed by atoms with Crippen LogP contribution in [0.25, 0.3) is 0 Å². The second kappa shape index (κ2) is 8.35. The van der Waals surface area contributed by atoms with Crippen molar-refractivity contribution in [1.82, 2.24) is 10.4 Å². The van der Waals surface area contributed by atoms with Crippen molar-refractivity contribution in [2.45, 2.75) is 6.17 Å². The number of fused-ring (bicyclic) bond motifs is 2. The Balaban J connectivity index is 1.54. The Bertz CT molecular complexity index is 1280. The van der Waals surface area contributed by atoms with Gasteiger partial charge in [-0.05, 0) is 65.1 Å². The van der Waals surface area contributed by atoms with Crippen molar-refractivity contribution < 1.29 is 28.9 Å². The number of amides is 2. The number of anilines is 1. The topological polar surface area (TPSA) is 109 Å². The van der Waals surface area contributed by atoms with Gasteiger partial charge in [-0.25, -0.2) is 5.01 Å². The van der Waals surface area contributed by atoms with Gasteiger partial charge in [-0.3, -0.25) is 15.0 Å². The lowest BCUT2D eigenvalue weighted by Crippen LogP contribution is -2.52. The van der Waals surface area contributed by atoms with E-state index in [1.807, 2.05) is 6.07 Å². The Morgan fingerprint density at radius 3 is 2.82 bits per heavy atom. The van der Waals surface area contributed by atoms with E-state index in [1.165, 1.54) is 12.1 Å². The largest absolute Gasteiger partial charge is 0.504 e. The lowest BCUT2D eigenvalue weighted by molar-refractivity contribution is 0.0488. The van der Waals surface area contributed by atoms with Crippen LogP contribution in [0.15, 0.2) is 54.6 Å². The fraction of sp³-hybridized carbons (Fsp3) is 0.130. The zero-order valence-electron chi connectivity index (χ0n) is 17.3. The Hall–Kier alpha value is -3.67. The normalized spacial score (nSPS) is 16.1. The zero-order chi connectivity index (χ0) is 23.1. The summed E-state index contributed by atoms with van der Waals surface area (Å²) >= 11 is 2.12. The molecule has 9 nitrogen and oxygen atoms in total. The maximum Gasteiger partial charge on any atom is 0.276 e. The predicted octanol–water partition coefficient (Wildman–Crippen LogP) is 3.65. The van der Waals surface area contributed by atoms with E-state index < -0.39 is 18.0 Å². The molecule has 0 saturated carbocycles. The lowest BCUT2D eigenvalue weighted by Gasteiger charge is -2.38. The molecular formula is C23H18IN3O6. The molecule has 2 aliphatic heterocycles.